The topological polar surface area (TPSA) is 23.6 Å². The van der Waals surface area contributed by atoms with Gasteiger partial charge in [0.1, 0.15) is 0 Å². The molecular formula is C22H27IN2O. The minimum atomic E-state index is 0.114. The van der Waals surface area contributed by atoms with Gasteiger partial charge in [0.25, 0.3) is 5.91 Å². The van der Waals surface area contributed by atoms with Crippen LogP contribution in [0.4, 0.5) is 0 Å². The fourth-order valence-electron chi connectivity index (χ4n) is 3.30. The Morgan fingerprint density at radius 3 is 2.23 bits per heavy atom. The van der Waals surface area contributed by atoms with Crippen LogP contribution in [0.25, 0.3) is 0 Å². The highest BCUT2D eigenvalue weighted by Crippen LogP contribution is 2.23. The molecule has 2 aromatic rings. The largest absolute Gasteiger partial charge is 0.336 e. The quantitative estimate of drug-likeness (QED) is 0.626. The SMILES string of the molecule is CC(C)(C)c1ccc(C(=O)N2CCN(Cc3cccc(I)c3)CC2)cc1. The normalized spacial score (nSPS) is 15.9. The van der Waals surface area contributed by atoms with E-state index in [0.717, 1.165) is 38.3 Å². The molecule has 0 saturated carbocycles. The number of hydrogen-bond donors (Lipinski definition) is 0. The first kappa shape index (κ1) is 19.4. The van der Waals surface area contributed by atoms with Crippen LogP contribution in [0.2, 0.25) is 0 Å². The lowest BCUT2D eigenvalue weighted by atomic mass is 9.86. The van der Waals surface area contributed by atoms with Crippen LogP contribution in [0, 0.1) is 3.57 Å². The van der Waals surface area contributed by atoms with E-state index in [-0.39, 0.29) is 11.3 Å². The Labute approximate surface area is 170 Å². The number of carbonyl (C=O) groups excluding carboxylic acids is 1. The fraction of sp³-hybridized carbons (Fsp3) is 0.409. The summed E-state index contributed by atoms with van der Waals surface area (Å²) in [5, 5.41) is 0. The third kappa shape index (κ3) is 4.86. The summed E-state index contributed by atoms with van der Waals surface area (Å²) < 4.78 is 1.27. The van der Waals surface area contributed by atoms with E-state index >= 15 is 0 Å². The van der Waals surface area contributed by atoms with Crippen LogP contribution >= 0.6 is 22.6 Å². The van der Waals surface area contributed by atoms with E-state index in [1.165, 1.54) is 14.7 Å². The van der Waals surface area contributed by atoms with E-state index in [2.05, 4.69) is 84.7 Å². The Bertz CT molecular complexity index is 756. The molecule has 1 aliphatic rings. The molecule has 0 radical (unpaired) electrons. The summed E-state index contributed by atoms with van der Waals surface area (Å²) in [5.41, 5.74) is 3.51. The monoisotopic (exact) mass is 462 g/mol. The van der Waals surface area contributed by atoms with Gasteiger partial charge in [-0.15, -0.1) is 0 Å². The van der Waals surface area contributed by atoms with E-state index in [0.29, 0.717) is 0 Å². The van der Waals surface area contributed by atoms with Gasteiger partial charge >= 0.3 is 0 Å². The molecule has 1 amide bonds. The van der Waals surface area contributed by atoms with Gasteiger partial charge in [0.15, 0.2) is 0 Å². The lowest BCUT2D eigenvalue weighted by Crippen LogP contribution is -2.48. The highest BCUT2D eigenvalue weighted by atomic mass is 127. The fourth-order valence-corrected chi connectivity index (χ4v) is 3.91. The molecule has 138 valence electrons. The Balaban J connectivity index is 1.56. The molecule has 1 saturated heterocycles. The van der Waals surface area contributed by atoms with Crippen molar-refractivity contribution in [2.75, 3.05) is 26.2 Å². The van der Waals surface area contributed by atoms with Crippen molar-refractivity contribution in [3.05, 3.63) is 68.8 Å². The lowest BCUT2D eigenvalue weighted by molar-refractivity contribution is 0.0628. The van der Waals surface area contributed by atoms with Crippen molar-refractivity contribution >= 4 is 28.5 Å². The number of amides is 1. The molecule has 1 aliphatic heterocycles. The summed E-state index contributed by atoms with van der Waals surface area (Å²) in [7, 11) is 0. The van der Waals surface area contributed by atoms with Crippen LogP contribution in [-0.2, 0) is 12.0 Å². The van der Waals surface area contributed by atoms with Crippen LogP contribution in [0.3, 0.4) is 0 Å². The van der Waals surface area contributed by atoms with Crippen molar-refractivity contribution in [2.24, 2.45) is 0 Å². The predicted octanol–water partition coefficient (Wildman–Crippen LogP) is 4.55. The molecule has 0 unspecified atom stereocenters. The molecule has 0 aliphatic carbocycles. The summed E-state index contributed by atoms with van der Waals surface area (Å²) in [6.07, 6.45) is 0. The van der Waals surface area contributed by atoms with Crippen LogP contribution < -0.4 is 0 Å². The Morgan fingerprint density at radius 2 is 1.65 bits per heavy atom. The van der Waals surface area contributed by atoms with Gasteiger partial charge in [-0.25, -0.2) is 0 Å². The number of carbonyl (C=O) groups is 1. The second kappa shape index (κ2) is 8.09. The third-order valence-corrected chi connectivity index (χ3v) is 5.62. The number of nitrogens with zero attached hydrogens (tertiary/aromatic N) is 2. The average molecular weight is 462 g/mol. The summed E-state index contributed by atoms with van der Waals surface area (Å²) in [6, 6.07) is 16.7. The van der Waals surface area contributed by atoms with Crippen molar-refractivity contribution in [3.8, 4) is 0 Å². The summed E-state index contributed by atoms with van der Waals surface area (Å²) in [6.45, 7) is 11.0. The number of piperazine rings is 1. The van der Waals surface area contributed by atoms with Gasteiger partial charge in [-0.1, -0.05) is 45.0 Å². The molecule has 3 nitrogen and oxygen atoms in total. The van der Waals surface area contributed by atoms with Crippen molar-refractivity contribution in [3.63, 3.8) is 0 Å². The van der Waals surface area contributed by atoms with Crippen molar-refractivity contribution in [1.82, 2.24) is 9.80 Å². The zero-order valence-electron chi connectivity index (χ0n) is 15.8. The minimum Gasteiger partial charge on any atom is -0.336 e. The van der Waals surface area contributed by atoms with Gasteiger partial charge in [0.05, 0.1) is 0 Å². The molecule has 2 aromatic carbocycles. The van der Waals surface area contributed by atoms with Gasteiger partial charge in [0.2, 0.25) is 0 Å². The molecular weight excluding hydrogens is 435 g/mol. The van der Waals surface area contributed by atoms with E-state index in [1.54, 1.807) is 0 Å². The third-order valence-electron chi connectivity index (χ3n) is 4.95. The minimum absolute atomic E-state index is 0.114. The predicted molar refractivity (Wildman–Crippen MR) is 115 cm³/mol. The van der Waals surface area contributed by atoms with Crippen LogP contribution in [0.15, 0.2) is 48.5 Å². The molecule has 1 heterocycles. The van der Waals surface area contributed by atoms with E-state index in [9.17, 15) is 4.79 Å². The summed E-state index contributed by atoms with van der Waals surface area (Å²) >= 11 is 2.35. The number of hydrogen-bond acceptors (Lipinski definition) is 2. The van der Waals surface area contributed by atoms with Gasteiger partial charge in [-0.05, 0) is 63.4 Å². The Hall–Kier alpha value is -1.40. The zero-order chi connectivity index (χ0) is 18.7. The maximum atomic E-state index is 12.8. The second-order valence-corrected chi connectivity index (χ2v) is 9.27. The molecule has 0 spiro atoms. The molecule has 26 heavy (non-hydrogen) atoms. The maximum Gasteiger partial charge on any atom is 0.253 e. The zero-order valence-corrected chi connectivity index (χ0v) is 18.0. The van der Waals surface area contributed by atoms with Crippen LogP contribution in [0.1, 0.15) is 42.3 Å². The van der Waals surface area contributed by atoms with Crippen molar-refractivity contribution in [1.29, 1.82) is 0 Å². The maximum absolute atomic E-state index is 12.8. The standard InChI is InChI=1S/C22H27IN2O/c1-22(2,3)19-9-7-18(8-10-19)21(26)25-13-11-24(12-14-25)16-17-5-4-6-20(23)15-17/h4-10,15H,11-14,16H2,1-3H3. The lowest BCUT2D eigenvalue weighted by Gasteiger charge is -2.35. The first-order valence-corrected chi connectivity index (χ1v) is 10.3. The highest BCUT2D eigenvalue weighted by Gasteiger charge is 2.22. The van der Waals surface area contributed by atoms with E-state index < -0.39 is 0 Å². The van der Waals surface area contributed by atoms with Gasteiger partial charge in [-0.3, -0.25) is 9.69 Å². The van der Waals surface area contributed by atoms with Crippen molar-refractivity contribution in [2.45, 2.75) is 32.7 Å². The molecule has 1 fully saturated rings. The molecule has 0 atom stereocenters. The number of halogens is 1. The second-order valence-electron chi connectivity index (χ2n) is 8.03. The Morgan fingerprint density at radius 1 is 1.00 bits per heavy atom. The van der Waals surface area contributed by atoms with Gasteiger partial charge in [0, 0.05) is 41.9 Å². The number of benzene rings is 2. The molecule has 0 bridgehead atoms. The Kier molecular flexibility index (Phi) is 6.03. The first-order chi connectivity index (χ1) is 12.3. The average Bonchev–Trinajstić information content (AvgIpc) is 2.61. The first-order valence-electron chi connectivity index (χ1n) is 9.19. The highest BCUT2D eigenvalue weighted by molar-refractivity contribution is 14.1. The van der Waals surface area contributed by atoms with Crippen LogP contribution in [-0.4, -0.2) is 41.9 Å². The molecule has 3 rings (SSSR count). The van der Waals surface area contributed by atoms with Gasteiger partial charge in [-0.2, -0.15) is 0 Å². The molecule has 0 aromatic heterocycles. The summed E-state index contributed by atoms with van der Waals surface area (Å²) in [5.74, 6) is 0.152. The number of rotatable bonds is 3. The van der Waals surface area contributed by atoms with E-state index in [4.69, 9.17) is 0 Å². The van der Waals surface area contributed by atoms with Gasteiger partial charge < -0.3 is 4.90 Å². The molecule has 0 N–H and O–H groups in total. The van der Waals surface area contributed by atoms with Crippen LogP contribution in [0.5, 0.6) is 0 Å². The van der Waals surface area contributed by atoms with E-state index in [1.807, 2.05) is 17.0 Å². The molecule has 4 heteroatoms. The summed E-state index contributed by atoms with van der Waals surface area (Å²) in [4.78, 5) is 17.2. The van der Waals surface area contributed by atoms with Crippen molar-refractivity contribution < 1.29 is 4.79 Å². The smallest absolute Gasteiger partial charge is 0.253 e.